The molecule has 0 bridgehead atoms. The molecule has 0 amide bonds. The van der Waals surface area contributed by atoms with Crippen LogP contribution in [-0.4, -0.2) is 25.9 Å². The maximum absolute atomic E-state index is 12.0. The second kappa shape index (κ2) is 5.51. The SMILES string of the molecule is NCC1(CCOCC(F)(F)F)CCc2ccccc21. The van der Waals surface area contributed by atoms with Crippen molar-refractivity contribution in [1.82, 2.24) is 0 Å². The number of ether oxygens (including phenoxy) is 1. The van der Waals surface area contributed by atoms with E-state index in [4.69, 9.17) is 10.5 Å². The highest BCUT2D eigenvalue weighted by Crippen LogP contribution is 2.40. The molecule has 1 aromatic carbocycles. The summed E-state index contributed by atoms with van der Waals surface area (Å²) in [5.74, 6) is 0. The number of aryl methyl sites for hydroxylation is 1. The Morgan fingerprint density at radius 2 is 2.00 bits per heavy atom. The molecule has 19 heavy (non-hydrogen) atoms. The van der Waals surface area contributed by atoms with E-state index < -0.39 is 12.8 Å². The van der Waals surface area contributed by atoms with Gasteiger partial charge in [0.25, 0.3) is 0 Å². The molecule has 1 aromatic rings. The summed E-state index contributed by atoms with van der Waals surface area (Å²) in [5.41, 5.74) is 8.08. The van der Waals surface area contributed by atoms with Crippen LogP contribution in [0.2, 0.25) is 0 Å². The lowest BCUT2D eigenvalue weighted by Gasteiger charge is -2.29. The first-order valence-electron chi connectivity index (χ1n) is 6.40. The summed E-state index contributed by atoms with van der Waals surface area (Å²) in [6, 6.07) is 8.01. The number of fused-ring (bicyclic) bond motifs is 1. The molecule has 0 spiro atoms. The number of hydrogen-bond donors (Lipinski definition) is 1. The molecular weight excluding hydrogens is 255 g/mol. The van der Waals surface area contributed by atoms with Crippen molar-refractivity contribution < 1.29 is 17.9 Å². The van der Waals surface area contributed by atoms with Crippen LogP contribution in [0.1, 0.15) is 24.0 Å². The topological polar surface area (TPSA) is 35.2 Å². The lowest BCUT2D eigenvalue weighted by atomic mass is 9.79. The third-order valence-electron chi connectivity index (χ3n) is 3.84. The first-order valence-corrected chi connectivity index (χ1v) is 6.40. The second-order valence-electron chi connectivity index (χ2n) is 5.06. The lowest BCUT2D eigenvalue weighted by molar-refractivity contribution is -0.174. The molecule has 1 aliphatic rings. The molecule has 1 unspecified atom stereocenters. The van der Waals surface area contributed by atoms with Crippen LogP contribution < -0.4 is 5.73 Å². The van der Waals surface area contributed by atoms with Gasteiger partial charge in [-0.1, -0.05) is 24.3 Å². The van der Waals surface area contributed by atoms with E-state index in [1.807, 2.05) is 18.2 Å². The molecule has 1 aliphatic carbocycles. The van der Waals surface area contributed by atoms with Gasteiger partial charge in [-0.25, -0.2) is 0 Å². The van der Waals surface area contributed by atoms with E-state index >= 15 is 0 Å². The van der Waals surface area contributed by atoms with Gasteiger partial charge in [0.15, 0.2) is 0 Å². The van der Waals surface area contributed by atoms with E-state index in [1.54, 1.807) is 0 Å². The molecule has 0 saturated heterocycles. The molecule has 2 N–H and O–H groups in total. The average Bonchev–Trinajstić information content (AvgIpc) is 2.74. The van der Waals surface area contributed by atoms with E-state index in [-0.39, 0.29) is 12.0 Å². The molecule has 0 aliphatic heterocycles. The monoisotopic (exact) mass is 273 g/mol. The molecule has 0 aromatic heterocycles. The zero-order valence-corrected chi connectivity index (χ0v) is 10.7. The number of hydrogen-bond acceptors (Lipinski definition) is 2. The Morgan fingerprint density at radius 3 is 2.68 bits per heavy atom. The fourth-order valence-electron chi connectivity index (χ4n) is 2.79. The Kier molecular flexibility index (Phi) is 4.16. The fourth-order valence-corrected chi connectivity index (χ4v) is 2.79. The van der Waals surface area contributed by atoms with Crippen molar-refractivity contribution in [2.75, 3.05) is 19.8 Å². The number of nitrogens with two attached hydrogens (primary N) is 1. The third-order valence-corrected chi connectivity index (χ3v) is 3.84. The molecule has 2 rings (SSSR count). The molecule has 0 saturated carbocycles. The summed E-state index contributed by atoms with van der Waals surface area (Å²) >= 11 is 0. The Bertz CT molecular complexity index is 433. The fraction of sp³-hybridized carbons (Fsp3) is 0.571. The van der Waals surface area contributed by atoms with Gasteiger partial charge in [-0.2, -0.15) is 13.2 Å². The lowest BCUT2D eigenvalue weighted by Crippen LogP contribution is -2.34. The van der Waals surface area contributed by atoms with Crippen LogP contribution in [0.4, 0.5) is 13.2 Å². The van der Waals surface area contributed by atoms with Gasteiger partial charge in [0.05, 0.1) is 0 Å². The standard InChI is InChI=1S/C14H18F3NO/c15-14(16,17)10-19-8-7-13(9-18)6-5-11-3-1-2-4-12(11)13/h1-4H,5-10,18H2. The van der Waals surface area contributed by atoms with Crippen LogP contribution in [0.5, 0.6) is 0 Å². The zero-order valence-electron chi connectivity index (χ0n) is 10.7. The van der Waals surface area contributed by atoms with Crippen LogP contribution in [-0.2, 0) is 16.6 Å². The van der Waals surface area contributed by atoms with Crippen molar-refractivity contribution in [3.63, 3.8) is 0 Å². The van der Waals surface area contributed by atoms with Crippen molar-refractivity contribution in [1.29, 1.82) is 0 Å². The summed E-state index contributed by atoms with van der Waals surface area (Å²) in [7, 11) is 0. The molecule has 0 heterocycles. The normalized spacial score (nSPS) is 22.5. The number of alkyl halides is 3. The van der Waals surface area contributed by atoms with Gasteiger partial charge in [0, 0.05) is 18.6 Å². The summed E-state index contributed by atoms with van der Waals surface area (Å²) in [6.07, 6.45) is -1.90. The van der Waals surface area contributed by atoms with Gasteiger partial charge in [-0.15, -0.1) is 0 Å². The average molecular weight is 273 g/mol. The van der Waals surface area contributed by atoms with E-state index in [2.05, 4.69) is 6.07 Å². The predicted molar refractivity (Wildman–Crippen MR) is 67.0 cm³/mol. The van der Waals surface area contributed by atoms with Crippen molar-refractivity contribution in [2.24, 2.45) is 5.73 Å². The first-order chi connectivity index (χ1) is 8.97. The van der Waals surface area contributed by atoms with Crippen molar-refractivity contribution in [2.45, 2.75) is 30.9 Å². The van der Waals surface area contributed by atoms with Crippen molar-refractivity contribution in [3.8, 4) is 0 Å². The Morgan fingerprint density at radius 1 is 1.26 bits per heavy atom. The van der Waals surface area contributed by atoms with Crippen LogP contribution in [0.25, 0.3) is 0 Å². The van der Waals surface area contributed by atoms with Gasteiger partial charge >= 0.3 is 6.18 Å². The molecule has 2 nitrogen and oxygen atoms in total. The first kappa shape index (κ1) is 14.3. The highest BCUT2D eigenvalue weighted by molar-refractivity contribution is 5.39. The van der Waals surface area contributed by atoms with Gasteiger partial charge in [-0.05, 0) is 30.4 Å². The highest BCUT2D eigenvalue weighted by Gasteiger charge is 2.37. The van der Waals surface area contributed by atoms with Crippen LogP contribution >= 0.6 is 0 Å². The minimum absolute atomic E-state index is 0.0883. The minimum Gasteiger partial charge on any atom is -0.372 e. The van der Waals surface area contributed by atoms with Crippen molar-refractivity contribution in [3.05, 3.63) is 35.4 Å². The molecule has 106 valence electrons. The van der Waals surface area contributed by atoms with Crippen LogP contribution in [0.15, 0.2) is 24.3 Å². The second-order valence-corrected chi connectivity index (χ2v) is 5.06. The number of rotatable bonds is 5. The molecule has 0 radical (unpaired) electrons. The van der Waals surface area contributed by atoms with Gasteiger partial charge in [0.1, 0.15) is 6.61 Å². The van der Waals surface area contributed by atoms with E-state index in [9.17, 15) is 13.2 Å². The van der Waals surface area contributed by atoms with Crippen LogP contribution in [0, 0.1) is 0 Å². The van der Waals surface area contributed by atoms with Crippen LogP contribution in [0.3, 0.4) is 0 Å². The smallest absolute Gasteiger partial charge is 0.372 e. The maximum atomic E-state index is 12.0. The Labute approximate surface area is 110 Å². The number of halogens is 3. The van der Waals surface area contributed by atoms with Crippen molar-refractivity contribution >= 4 is 0 Å². The van der Waals surface area contributed by atoms with Gasteiger partial charge < -0.3 is 10.5 Å². The zero-order chi connectivity index (χ0) is 13.9. The maximum Gasteiger partial charge on any atom is 0.411 e. The summed E-state index contributed by atoms with van der Waals surface area (Å²) in [4.78, 5) is 0. The van der Waals surface area contributed by atoms with Gasteiger partial charge in [0.2, 0.25) is 0 Å². The van der Waals surface area contributed by atoms with Gasteiger partial charge in [-0.3, -0.25) is 0 Å². The predicted octanol–water partition coefficient (Wildman–Crippen LogP) is 2.80. The van der Waals surface area contributed by atoms with E-state index in [0.29, 0.717) is 13.0 Å². The summed E-state index contributed by atoms with van der Waals surface area (Å²) in [6.45, 7) is -0.653. The Balaban J connectivity index is 1.98. The highest BCUT2D eigenvalue weighted by atomic mass is 19.4. The molecule has 0 fully saturated rings. The molecule has 1 atom stereocenters. The summed E-state index contributed by atoms with van der Waals surface area (Å²) < 4.78 is 40.8. The van der Waals surface area contributed by atoms with E-state index in [0.717, 1.165) is 12.8 Å². The third kappa shape index (κ3) is 3.28. The van der Waals surface area contributed by atoms with E-state index in [1.165, 1.54) is 11.1 Å². The Hall–Kier alpha value is -1.07. The molecule has 5 heteroatoms. The molecular formula is C14H18F3NO. The largest absolute Gasteiger partial charge is 0.411 e. The quantitative estimate of drug-likeness (QED) is 0.837. The summed E-state index contributed by atoms with van der Waals surface area (Å²) in [5, 5.41) is 0. The number of benzene rings is 1. The minimum atomic E-state index is -4.26.